The number of aliphatic hydroxyl groups excluding tert-OH is 5. The summed E-state index contributed by atoms with van der Waals surface area (Å²) < 4.78 is 34.0. The molecule has 6 N–H and O–H groups in total. The Hall–Kier alpha value is -3.52. The Kier molecular flexibility index (Phi) is 36.4. The fourth-order valence-electron chi connectivity index (χ4n) is 5.95. The lowest BCUT2D eigenvalue weighted by Crippen LogP contribution is -2.64. The molecule has 1 fully saturated rings. The Morgan fingerprint density at radius 2 is 0.859 bits per heavy atom. The largest absolute Gasteiger partial charge is 0.472 e. The predicted octanol–water partition coefficient (Wildman–Crippen LogP) is 9.63. The number of carbonyl (C=O) groups excluding carboxylic acids is 1. The lowest BCUT2D eigenvalue weighted by atomic mass is 9.85. The molecule has 0 aromatic rings. The second-order valence-corrected chi connectivity index (χ2v) is 16.5. The molecular weight excluding hydrogens is 836 g/mol. The molecule has 0 bridgehead atoms. The Labute approximate surface area is 383 Å². The molecule has 0 aromatic carbocycles. The van der Waals surface area contributed by atoms with Gasteiger partial charge in [-0.1, -0.05) is 148 Å². The highest BCUT2D eigenvalue weighted by Crippen LogP contribution is 2.47. The normalized spacial score (nSPS) is 22.9. The topological polar surface area (TPSA) is 192 Å². The lowest BCUT2D eigenvalue weighted by molar-refractivity contribution is -0.220. The molecule has 0 heterocycles. The maximum atomic E-state index is 12.8. The molecule has 6 unspecified atom stereocenters. The van der Waals surface area contributed by atoms with Crippen molar-refractivity contribution < 1.29 is 58.3 Å². The van der Waals surface area contributed by atoms with Gasteiger partial charge in [0.25, 0.3) is 0 Å². The number of hydrogen-bond donors (Lipinski definition) is 6. The maximum absolute atomic E-state index is 12.8. The van der Waals surface area contributed by atoms with E-state index in [2.05, 4.69) is 135 Å². The van der Waals surface area contributed by atoms with Crippen molar-refractivity contribution >= 4 is 13.8 Å². The molecule has 13 heteroatoms. The van der Waals surface area contributed by atoms with Gasteiger partial charge >= 0.3 is 13.8 Å². The van der Waals surface area contributed by atoms with Crippen LogP contribution in [0.2, 0.25) is 0 Å². The van der Waals surface area contributed by atoms with Crippen molar-refractivity contribution in [3.63, 3.8) is 0 Å². The maximum Gasteiger partial charge on any atom is 0.472 e. The van der Waals surface area contributed by atoms with Gasteiger partial charge in [0.05, 0.1) is 19.8 Å². The Morgan fingerprint density at radius 3 is 1.27 bits per heavy atom. The van der Waals surface area contributed by atoms with Crippen LogP contribution in [0, 0.1) is 0 Å². The molecule has 1 aliphatic rings. The number of carbonyl (C=O) groups is 1. The average molecular weight is 915 g/mol. The van der Waals surface area contributed by atoms with E-state index in [4.69, 9.17) is 18.5 Å². The van der Waals surface area contributed by atoms with E-state index >= 15 is 0 Å². The summed E-state index contributed by atoms with van der Waals surface area (Å²) in [6.45, 7) is 3.74. The van der Waals surface area contributed by atoms with E-state index in [0.717, 1.165) is 83.5 Å². The number of phosphoric ester groups is 1. The van der Waals surface area contributed by atoms with Crippen LogP contribution in [0.15, 0.2) is 134 Å². The van der Waals surface area contributed by atoms with Crippen LogP contribution >= 0.6 is 7.82 Å². The third kappa shape index (κ3) is 31.4. The van der Waals surface area contributed by atoms with Crippen molar-refractivity contribution in [1.82, 2.24) is 0 Å². The van der Waals surface area contributed by atoms with Gasteiger partial charge in [0.15, 0.2) is 0 Å². The molecule has 0 aliphatic heterocycles. The van der Waals surface area contributed by atoms with Gasteiger partial charge in [0, 0.05) is 6.42 Å². The van der Waals surface area contributed by atoms with Crippen LogP contribution in [0.1, 0.15) is 117 Å². The Balaban J connectivity index is 2.50. The zero-order valence-corrected chi connectivity index (χ0v) is 39.2. The Bertz CT molecular complexity index is 1560. The van der Waals surface area contributed by atoms with Crippen molar-refractivity contribution in [2.24, 2.45) is 0 Å². The molecule has 0 amide bonds. The van der Waals surface area contributed by atoms with Gasteiger partial charge in [0.1, 0.15) is 42.7 Å². The van der Waals surface area contributed by atoms with Crippen LogP contribution in [-0.4, -0.2) is 98.9 Å². The fourth-order valence-corrected chi connectivity index (χ4v) is 6.92. The highest BCUT2D eigenvalue weighted by molar-refractivity contribution is 7.47. The number of allylic oxidation sites excluding steroid dienone is 21. The van der Waals surface area contributed by atoms with Crippen molar-refractivity contribution in [3.8, 4) is 0 Å². The number of hydrogen-bond acceptors (Lipinski definition) is 11. The third-order valence-electron chi connectivity index (χ3n) is 9.54. The van der Waals surface area contributed by atoms with Crippen molar-refractivity contribution in [2.75, 3.05) is 19.8 Å². The molecule has 12 nitrogen and oxygen atoms in total. The third-order valence-corrected chi connectivity index (χ3v) is 10.5. The zero-order chi connectivity index (χ0) is 46.9. The summed E-state index contributed by atoms with van der Waals surface area (Å²) in [5, 5.41) is 50.2. The molecular formula is C51H79O12P. The highest BCUT2D eigenvalue weighted by Gasteiger charge is 2.51. The molecule has 1 saturated carbocycles. The van der Waals surface area contributed by atoms with Crippen LogP contribution in [0.5, 0.6) is 0 Å². The number of rotatable bonds is 36. The summed E-state index contributed by atoms with van der Waals surface area (Å²) in [6, 6.07) is 0. The van der Waals surface area contributed by atoms with E-state index in [9.17, 15) is 39.8 Å². The van der Waals surface area contributed by atoms with Crippen LogP contribution < -0.4 is 0 Å². The molecule has 360 valence electrons. The van der Waals surface area contributed by atoms with E-state index in [1.165, 1.54) is 0 Å². The summed E-state index contributed by atoms with van der Waals surface area (Å²) in [7, 11) is -5.06. The summed E-state index contributed by atoms with van der Waals surface area (Å²) >= 11 is 0. The SMILES string of the molecule is CC/C=C\C/C=C\C/C=C\C/C=C\C/C=C\C/C=C\CCCCC(=O)OC(COCC/C=C\C/C=C\C/C=C\C/C=C\C/C=C\CC)COP(=O)(O)OC1C(O)C(O)C(O)C(O)C1O. The first-order valence-corrected chi connectivity index (χ1v) is 24.5. The lowest BCUT2D eigenvalue weighted by Gasteiger charge is -2.41. The van der Waals surface area contributed by atoms with Crippen molar-refractivity contribution in [3.05, 3.63) is 134 Å². The van der Waals surface area contributed by atoms with Gasteiger partial charge < -0.3 is 39.9 Å². The first-order chi connectivity index (χ1) is 31.0. The van der Waals surface area contributed by atoms with E-state index in [1.54, 1.807) is 0 Å². The first kappa shape index (κ1) is 58.5. The van der Waals surface area contributed by atoms with Gasteiger partial charge in [-0.2, -0.15) is 0 Å². The van der Waals surface area contributed by atoms with E-state index in [1.807, 2.05) is 12.2 Å². The predicted molar refractivity (Wildman–Crippen MR) is 257 cm³/mol. The van der Waals surface area contributed by atoms with Crippen molar-refractivity contribution in [1.29, 1.82) is 0 Å². The minimum atomic E-state index is -5.06. The van der Waals surface area contributed by atoms with E-state index in [-0.39, 0.29) is 19.6 Å². The second kappa shape index (κ2) is 39.8. The quantitative estimate of drug-likeness (QED) is 0.0151. The van der Waals surface area contributed by atoms with Crippen LogP contribution in [0.3, 0.4) is 0 Å². The summed E-state index contributed by atoms with van der Waals surface area (Å²) in [5.41, 5.74) is 0. The molecule has 1 rings (SSSR count). The molecule has 0 saturated heterocycles. The standard InChI is InChI=1S/C51H79O12P/c1-3-5-7-9-11-13-15-17-19-21-22-23-24-25-26-28-30-32-34-36-38-40-45(52)62-44(43-61-64(58,59)63-51-49(56)47(54)46(53)48(55)50(51)57)42-60-41-39-37-35-33-31-29-27-20-18-16-14-12-10-8-6-4-2/h5-8,11-14,17-20,22-23,25-26,29-32,35,37,44,46-51,53-57H,3-4,9-10,15-16,21,24,27-28,33-34,36,38-43H2,1-2H3,(H,58,59)/b7-5-,8-6-,13-11-,14-12-,19-17-,20-18-,23-22-,26-25-,31-29-,32-30-,37-35-. The van der Waals surface area contributed by atoms with Gasteiger partial charge in [-0.05, 0) is 96.3 Å². The van der Waals surface area contributed by atoms with E-state index in [0.29, 0.717) is 12.8 Å². The summed E-state index contributed by atoms with van der Waals surface area (Å²) in [4.78, 5) is 23.1. The van der Waals surface area contributed by atoms with Crippen LogP contribution in [0.4, 0.5) is 0 Å². The van der Waals surface area contributed by atoms with E-state index < -0.39 is 63.1 Å². The molecule has 0 radical (unpaired) electrons. The number of phosphoric acid groups is 1. The smallest absolute Gasteiger partial charge is 0.457 e. The molecule has 6 atom stereocenters. The Morgan fingerprint density at radius 1 is 0.500 bits per heavy atom. The fraction of sp³-hybridized carbons (Fsp3) is 0.549. The van der Waals surface area contributed by atoms with Crippen molar-refractivity contribution in [2.45, 2.75) is 159 Å². The summed E-state index contributed by atoms with van der Waals surface area (Å²) in [6.07, 6.45) is 46.8. The molecule has 0 spiro atoms. The molecule has 64 heavy (non-hydrogen) atoms. The summed E-state index contributed by atoms with van der Waals surface area (Å²) in [5.74, 6) is -0.551. The minimum Gasteiger partial charge on any atom is -0.457 e. The monoisotopic (exact) mass is 915 g/mol. The average Bonchev–Trinajstić information content (AvgIpc) is 3.28. The number of ether oxygens (including phenoxy) is 2. The minimum absolute atomic E-state index is 0.102. The number of aliphatic hydroxyl groups is 5. The number of unbranched alkanes of at least 4 members (excludes halogenated alkanes) is 2. The van der Waals surface area contributed by atoms with Gasteiger partial charge in [-0.25, -0.2) is 4.57 Å². The van der Waals surface area contributed by atoms with Crippen LogP contribution in [-0.2, 0) is 27.9 Å². The second-order valence-electron chi connectivity index (χ2n) is 15.1. The molecule has 0 aromatic heterocycles. The first-order valence-electron chi connectivity index (χ1n) is 23.0. The molecule has 1 aliphatic carbocycles. The van der Waals surface area contributed by atoms with Gasteiger partial charge in [-0.15, -0.1) is 0 Å². The van der Waals surface area contributed by atoms with Crippen LogP contribution in [0.25, 0.3) is 0 Å². The number of esters is 1. The van der Waals surface area contributed by atoms with Gasteiger partial charge in [0.2, 0.25) is 0 Å². The highest BCUT2D eigenvalue weighted by atomic mass is 31.2. The zero-order valence-electron chi connectivity index (χ0n) is 38.3. The van der Waals surface area contributed by atoms with Gasteiger partial charge in [-0.3, -0.25) is 13.8 Å².